The van der Waals surface area contributed by atoms with Crippen molar-refractivity contribution in [2.75, 3.05) is 35.4 Å². The number of nitrogens with one attached hydrogen (secondary N) is 1. The van der Waals surface area contributed by atoms with Gasteiger partial charge in [-0.25, -0.2) is 12.8 Å². The number of thioether (sulfide) groups is 1. The van der Waals surface area contributed by atoms with Crippen LogP contribution in [0.3, 0.4) is 0 Å². The maximum Gasteiger partial charge on any atom is 0.244 e. The summed E-state index contributed by atoms with van der Waals surface area (Å²) in [7, 11) is -1.50. The number of amides is 1. The first-order valence-electron chi connectivity index (χ1n) is 9.25. The molecule has 2 aliphatic rings. The Labute approximate surface area is 178 Å². The number of hydrogen-bond acceptors (Lipinski definition) is 7. The third kappa shape index (κ3) is 4.59. The largest absolute Gasteiger partial charge is 0.497 e. The highest BCUT2D eigenvalue weighted by Gasteiger charge is 2.44. The first-order chi connectivity index (χ1) is 14.3. The number of fused-ring (bicyclic) bond motifs is 1. The number of ether oxygens (including phenoxy) is 1. The molecule has 2 atom stereocenters. The standard InChI is InChI=1S/C20H20FN3O4S2/c1-28-16-8-6-15(7-9-16)24(10-19(25)22-14-4-2-13(21)3-5-14)20-23-17-11-30(26,27)12-18(17)29-20/h2-9,17-18H,10-12H2,1H3,(H,22,25)/t17-,18-/m1/s1. The van der Waals surface area contributed by atoms with Crippen LogP contribution in [0.25, 0.3) is 0 Å². The minimum Gasteiger partial charge on any atom is -0.497 e. The Morgan fingerprint density at radius 3 is 2.53 bits per heavy atom. The molecule has 1 saturated heterocycles. The maximum atomic E-state index is 13.1. The number of carbonyl (C=O) groups excluding carboxylic acids is 1. The molecule has 2 aromatic carbocycles. The van der Waals surface area contributed by atoms with E-state index in [9.17, 15) is 17.6 Å². The lowest BCUT2D eigenvalue weighted by atomic mass is 10.2. The summed E-state index contributed by atoms with van der Waals surface area (Å²) in [4.78, 5) is 19.0. The van der Waals surface area contributed by atoms with Crippen LogP contribution >= 0.6 is 11.8 Å². The van der Waals surface area contributed by atoms with Crippen LogP contribution in [0.15, 0.2) is 53.5 Å². The molecule has 1 N–H and O–H groups in total. The fourth-order valence-electron chi connectivity index (χ4n) is 3.38. The molecule has 158 valence electrons. The molecule has 7 nitrogen and oxygen atoms in total. The summed E-state index contributed by atoms with van der Waals surface area (Å²) in [6.07, 6.45) is 0. The van der Waals surface area contributed by atoms with Crippen LogP contribution in [0.4, 0.5) is 15.8 Å². The van der Waals surface area contributed by atoms with Crippen molar-refractivity contribution in [3.63, 3.8) is 0 Å². The second-order valence-corrected chi connectivity index (χ2v) is 10.4. The van der Waals surface area contributed by atoms with Gasteiger partial charge in [0.05, 0.1) is 24.7 Å². The van der Waals surface area contributed by atoms with Crippen LogP contribution < -0.4 is 15.0 Å². The van der Waals surface area contributed by atoms with Crippen LogP contribution in [0.2, 0.25) is 0 Å². The molecular formula is C20H20FN3O4S2. The number of methoxy groups -OCH3 is 1. The molecule has 0 aromatic heterocycles. The van der Waals surface area contributed by atoms with Crippen molar-refractivity contribution in [2.45, 2.75) is 11.3 Å². The van der Waals surface area contributed by atoms with Crippen LogP contribution in [0, 0.1) is 5.82 Å². The second kappa shape index (κ2) is 8.27. The highest BCUT2D eigenvalue weighted by atomic mass is 32.2. The van der Waals surface area contributed by atoms with Crippen molar-refractivity contribution in [3.05, 3.63) is 54.3 Å². The van der Waals surface area contributed by atoms with Gasteiger partial charge >= 0.3 is 0 Å². The zero-order chi connectivity index (χ0) is 21.3. The average Bonchev–Trinajstić information content (AvgIpc) is 3.21. The Morgan fingerprint density at radius 2 is 1.90 bits per heavy atom. The molecular weight excluding hydrogens is 429 g/mol. The Kier molecular flexibility index (Phi) is 5.70. The van der Waals surface area contributed by atoms with Crippen molar-refractivity contribution >= 4 is 44.0 Å². The lowest BCUT2D eigenvalue weighted by Gasteiger charge is -2.24. The van der Waals surface area contributed by atoms with Gasteiger partial charge in [0, 0.05) is 16.6 Å². The fourth-order valence-corrected chi connectivity index (χ4v) is 7.16. The molecule has 30 heavy (non-hydrogen) atoms. The van der Waals surface area contributed by atoms with Gasteiger partial charge in [-0.1, -0.05) is 11.8 Å². The van der Waals surface area contributed by atoms with Crippen molar-refractivity contribution in [1.82, 2.24) is 0 Å². The number of aliphatic imine (C=N–C) groups is 1. The zero-order valence-electron chi connectivity index (χ0n) is 16.1. The van der Waals surface area contributed by atoms with Crippen molar-refractivity contribution in [3.8, 4) is 5.75 Å². The van der Waals surface area contributed by atoms with Crippen LogP contribution in [0.5, 0.6) is 5.75 Å². The second-order valence-electron chi connectivity index (χ2n) is 7.05. The van der Waals surface area contributed by atoms with E-state index in [1.54, 1.807) is 24.1 Å². The summed E-state index contributed by atoms with van der Waals surface area (Å²) >= 11 is 1.38. The van der Waals surface area contributed by atoms with Crippen LogP contribution in [-0.2, 0) is 14.6 Å². The quantitative estimate of drug-likeness (QED) is 0.755. The number of benzene rings is 2. The Balaban J connectivity index is 1.56. The Hall–Kier alpha value is -2.59. The van der Waals surface area contributed by atoms with Gasteiger partial charge in [0.15, 0.2) is 15.0 Å². The van der Waals surface area contributed by atoms with Gasteiger partial charge in [0.25, 0.3) is 0 Å². The minimum absolute atomic E-state index is 0.0261. The minimum atomic E-state index is -3.07. The molecule has 2 heterocycles. The molecule has 0 aliphatic carbocycles. The number of rotatable bonds is 5. The number of sulfone groups is 1. The lowest BCUT2D eigenvalue weighted by Crippen LogP contribution is -2.36. The summed E-state index contributed by atoms with van der Waals surface area (Å²) < 4.78 is 42.0. The van der Waals surface area contributed by atoms with Gasteiger partial charge in [-0.3, -0.25) is 9.79 Å². The van der Waals surface area contributed by atoms with Gasteiger partial charge < -0.3 is 15.0 Å². The highest BCUT2D eigenvalue weighted by molar-refractivity contribution is 8.15. The molecule has 0 unspecified atom stereocenters. The maximum absolute atomic E-state index is 13.1. The number of halogens is 1. The normalized spacial score (nSPS) is 21.6. The van der Waals surface area contributed by atoms with E-state index >= 15 is 0 Å². The summed E-state index contributed by atoms with van der Waals surface area (Å²) in [5.74, 6) is 0.120. The summed E-state index contributed by atoms with van der Waals surface area (Å²) in [5.41, 5.74) is 1.22. The molecule has 0 saturated carbocycles. The monoisotopic (exact) mass is 449 g/mol. The van der Waals surface area contributed by atoms with Crippen molar-refractivity contribution in [1.29, 1.82) is 0 Å². The molecule has 0 radical (unpaired) electrons. The summed E-state index contributed by atoms with van der Waals surface area (Å²) in [6, 6.07) is 12.4. The summed E-state index contributed by atoms with van der Waals surface area (Å²) in [5, 5.41) is 3.22. The predicted octanol–water partition coefficient (Wildman–Crippen LogP) is 2.55. The molecule has 4 rings (SSSR count). The number of hydrogen-bond donors (Lipinski definition) is 1. The van der Waals surface area contributed by atoms with E-state index in [2.05, 4.69) is 10.3 Å². The SMILES string of the molecule is COc1ccc(N(CC(=O)Nc2ccc(F)cc2)C2=N[C@@H]3CS(=O)(=O)C[C@H]3S2)cc1. The van der Waals surface area contributed by atoms with Crippen LogP contribution in [-0.4, -0.2) is 55.9 Å². The Bertz CT molecular complexity index is 1070. The van der Waals surface area contributed by atoms with E-state index < -0.39 is 9.84 Å². The topological polar surface area (TPSA) is 88.1 Å². The molecule has 10 heteroatoms. The third-order valence-electron chi connectivity index (χ3n) is 4.85. The predicted molar refractivity (Wildman–Crippen MR) is 117 cm³/mol. The van der Waals surface area contributed by atoms with Gasteiger partial charge in [0.1, 0.15) is 18.1 Å². The highest BCUT2D eigenvalue weighted by Crippen LogP contribution is 2.37. The molecule has 2 aromatic rings. The number of anilines is 2. The first kappa shape index (κ1) is 20.7. The van der Waals surface area contributed by atoms with E-state index in [1.807, 2.05) is 12.1 Å². The van der Waals surface area contributed by atoms with E-state index in [0.29, 0.717) is 16.6 Å². The number of carbonyl (C=O) groups is 1. The summed E-state index contributed by atoms with van der Waals surface area (Å²) in [6.45, 7) is -0.0261. The van der Waals surface area contributed by atoms with Gasteiger partial charge in [-0.15, -0.1) is 0 Å². The molecule has 0 spiro atoms. The number of nitrogens with zero attached hydrogens (tertiary/aromatic N) is 2. The van der Waals surface area contributed by atoms with Gasteiger partial charge in [0.2, 0.25) is 5.91 Å². The molecule has 2 aliphatic heterocycles. The van der Waals surface area contributed by atoms with Crippen molar-refractivity contribution < 1.29 is 22.3 Å². The van der Waals surface area contributed by atoms with Crippen LogP contribution in [0.1, 0.15) is 0 Å². The fraction of sp³-hybridized carbons (Fsp3) is 0.300. The smallest absolute Gasteiger partial charge is 0.244 e. The van der Waals surface area contributed by atoms with E-state index in [1.165, 1.54) is 36.0 Å². The van der Waals surface area contributed by atoms with Gasteiger partial charge in [-0.2, -0.15) is 0 Å². The number of amidine groups is 1. The van der Waals surface area contributed by atoms with Gasteiger partial charge in [-0.05, 0) is 48.5 Å². The zero-order valence-corrected chi connectivity index (χ0v) is 17.7. The average molecular weight is 450 g/mol. The van der Waals surface area contributed by atoms with Crippen molar-refractivity contribution in [2.24, 2.45) is 4.99 Å². The molecule has 1 fully saturated rings. The Morgan fingerprint density at radius 1 is 1.20 bits per heavy atom. The van der Waals surface area contributed by atoms with E-state index in [4.69, 9.17) is 4.74 Å². The molecule has 1 amide bonds. The molecule has 0 bridgehead atoms. The third-order valence-corrected chi connectivity index (χ3v) is 8.10. The van der Waals surface area contributed by atoms with E-state index in [0.717, 1.165) is 5.69 Å². The lowest BCUT2D eigenvalue weighted by molar-refractivity contribution is -0.114. The first-order valence-corrected chi connectivity index (χ1v) is 11.9. The van der Waals surface area contributed by atoms with E-state index in [-0.39, 0.29) is 41.1 Å².